The van der Waals surface area contributed by atoms with Crippen LogP contribution in [0, 0.1) is 18.3 Å². The van der Waals surface area contributed by atoms with Gasteiger partial charge in [0.2, 0.25) is 0 Å². The van der Waals surface area contributed by atoms with Crippen LogP contribution >= 0.6 is 11.3 Å². The maximum absolute atomic E-state index is 12.9. The van der Waals surface area contributed by atoms with Crippen LogP contribution in [-0.4, -0.2) is 35.9 Å². The summed E-state index contributed by atoms with van der Waals surface area (Å²) in [7, 11) is 0. The average Bonchev–Trinajstić information content (AvgIpc) is 3.41. The maximum atomic E-state index is 12.9. The predicted octanol–water partition coefficient (Wildman–Crippen LogP) is 5.79. The van der Waals surface area contributed by atoms with Crippen molar-refractivity contribution >= 4 is 28.8 Å². The molecule has 0 atom stereocenters. The van der Waals surface area contributed by atoms with E-state index in [2.05, 4.69) is 11.4 Å². The van der Waals surface area contributed by atoms with Crippen LogP contribution < -0.4 is 10.1 Å². The van der Waals surface area contributed by atoms with Crippen molar-refractivity contribution in [1.82, 2.24) is 4.90 Å². The molecule has 0 unspecified atom stereocenters. The lowest BCUT2D eigenvalue weighted by Crippen LogP contribution is -2.41. The molecule has 2 heterocycles. The Bertz CT molecular complexity index is 1250. The van der Waals surface area contributed by atoms with Crippen LogP contribution in [0.5, 0.6) is 5.75 Å². The van der Waals surface area contributed by atoms with E-state index in [1.807, 2.05) is 67.4 Å². The van der Waals surface area contributed by atoms with Crippen LogP contribution in [0.25, 0.3) is 0 Å². The maximum Gasteiger partial charge on any atom is 0.263 e. The van der Waals surface area contributed by atoms with E-state index < -0.39 is 5.41 Å². The summed E-state index contributed by atoms with van der Waals surface area (Å²) in [5.74, 6) is 0.572. The van der Waals surface area contributed by atoms with Gasteiger partial charge in [-0.15, -0.1) is 11.3 Å². The van der Waals surface area contributed by atoms with Gasteiger partial charge in [0.25, 0.3) is 11.8 Å². The second-order valence-electron chi connectivity index (χ2n) is 9.34. The molecule has 2 aromatic carbocycles. The molecule has 1 aliphatic rings. The topological polar surface area (TPSA) is 82.4 Å². The van der Waals surface area contributed by atoms with E-state index in [1.165, 1.54) is 11.3 Å². The van der Waals surface area contributed by atoms with Crippen LogP contribution in [0.3, 0.4) is 0 Å². The number of hydrogen-bond donors (Lipinski definition) is 1. The van der Waals surface area contributed by atoms with E-state index in [0.29, 0.717) is 24.3 Å². The minimum atomic E-state index is -0.675. The van der Waals surface area contributed by atoms with Gasteiger partial charge in [-0.25, -0.2) is 0 Å². The zero-order valence-corrected chi connectivity index (χ0v) is 21.0. The molecule has 0 aliphatic carbocycles. The summed E-state index contributed by atoms with van der Waals surface area (Å²) < 4.78 is 6.29. The van der Waals surface area contributed by atoms with Crippen LogP contribution in [0.2, 0.25) is 0 Å². The Hall–Kier alpha value is -3.63. The SMILES string of the molecule is Cc1ccc(NC(=O)c2cccc(C(C)(C)C#N)c2)cc1OC1CCN(C(=O)c2cccs2)CC1. The molecule has 1 saturated heterocycles. The van der Waals surface area contributed by atoms with Crippen molar-refractivity contribution in [2.75, 3.05) is 18.4 Å². The van der Waals surface area contributed by atoms with E-state index >= 15 is 0 Å². The van der Waals surface area contributed by atoms with Crippen molar-refractivity contribution in [3.05, 3.63) is 81.5 Å². The Morgan fingerprint density at radius 1 is 1.11 bits per heavy atom. The molecule has 3 aromatic rings. The molecular weight excluding hydrogens is 458 g/mol. The molecule has 35 heavy (non-hydrogen) atoms. The Balaban J connectivity index is 1.39. The predicted molar refractivity (Wildman–Crippen MR) is 138 cm³/mol. The van der Waals surface area contributed by atoms with E-state index in [4.69, 9.17) is 4.74 Å². The number of amides is 2. The number of anilines is 1. The lowest BCUT2D eigenvalue weighted by atomic mass is 9.85. The normalized spacial score (nSPS) is 14.3. The van der Waals surface area contributed by atoms with Gasteiger partial charge in [0.15, 0.2) is 0 Å². The number of likely N-dealkylation sites (tertiary alicyclic amines) is 1. The van der Waals surface area contributed by atoms with E-state index in [9.17, 15) is 14.9 Å². The molecule has 7 heteroatoms. The zero-order chi connectivity index (χ0) is 25.0. The quantitative estimate of drug-likeness (QED) is 0.477. The van der Waals surface area contributed by atoms with Gasteiger partial charge in [-0.2, -0.15) is 5.26 Å². The number of hydrogen-bond acceptors (Lipinski definition) is 5. The van der Waals surface area contributed by atoms with E-state index in [0.717, 1.165) is 34.6 Å². The largest absolute Gasteiger partial charge is 0.490 e. The number of ether oxygens (including phenoxy) is 1. The van der Waals surface area contributed by atoms with E-state index in [1.54, 1.807) is 18.2 Å². The fourth-order valence-electron chi connectivity index (χ4n) is 4.03. The smallest absolute Gasteiger partial charge is 0.263 e. The first-order chi connectivity index (χ1) is 16.8. The zero-order valence-electron chi connectivity index (χ0n) is 20.2. The summed E-state index contributed by atoms with van der Waals surface area (Å²) in [6.45, 7) is 6.95. The Morgan fingerprint density at radius 2 is 1.89 bits per heavy atom. The van der Waals surface area contributed by atoms with Crippen molar-refractivity contribution in [1.29, 1.82) is 5.26 Å². The average molecular weight is 488 g/mol. The van der Waals surface area contributed by atoms with Gasteiger partial charge in [-0.1, -0.05) is 24.3 Å². The summed E-state index contributed by atoms with van der Waals surface area (Å²) in [5.41, 5.74) is 2.25. The molecule has 0 bridgehead atoms. The van der Waals surface area contributed by atoms with Gasteiger partial charge in [-0.05, 0) is 61.5 Å². The van der Waals surface area contributed by atoms with Crippen LogP contribution in [-0.2, 0) is 5.41 Å². The molecule has 1 aliphatic heterocycles. The number of carbonyl (C=O) groups is 2. The number of thiophene rings is 1. The molecule has 0 radical (unpaired) electrons. The second kappa shape index (κ2) is 10.3. The van der Waals surface area contributed by atoms with E-state index in [-0.39, 0.29) is 17.9 Å². The standard InChI is InChI=1S/C28H29N3O3S/c1-19-9-10-22(30-26(32)20-6-4-7-21(16-20)28(2,3)18-29)17-24(19)34-23-11-13-31(14-12-23)27(33)25-8-5-15-35-25/h4-10,15-17,23H,11-14H2,1-3H3,(H,30,32). The van der Waals surface area contributed by atoms with Gasteiger partial charge in [0, 0.05) is 43.2 Å². The molecule has 0 spiro atoms. The molecule has 0 saturated carbocycles. The van der Waals surface area contributed by atoms with Crippen molar-refractivity contribution in [2.45, 2.75) is 45.1 Å². The number of nitriles is 1. The molecule has 180 valence electrons. The summed E-state index contributed by atoms with van der Waals surface area (Å²) in [5, 5.41) is 14.3. The van der Waals surface area contributed by atoms with Gasteiger partial charge in [-0.3, -0.25) is 9.59 Å². The number of nitrogens with zero attached hydrogens (tertiary/aromatic N) is 2. The molecule has 1 fully saturated rings. The Morgan fingerprint density at radius 3 is 2.57 bits per heavy atom. The van der Waals surface area contributed by atoms with Crippen molar-refractivity contribution in [3.63, 3.8) is 0 Å². The first-order valence-electron chi connectivity index (χ1n) is 11.7. The highest BCUT2D eigenvalue weighted by molar-refractivity contribution is 7.12. The number of piperidine rings is 1. The lowest BCUT2D eigenvalue weighted by Gasteiger charge is -2.32. The van der Waals surface area contributed by atoms with Gasteiger partial charge < -0.3 is 15.0 Å². The lowest BCUT2D eigenvalue weighted by molar-refractivity contribution is 0.0599. The second-order valence-corrected chi connectivity index (χ2v) is 10.3. The molecule has 6 nitrogen and oxygen atoms in total. The molecule has 4 rings (SSSR count). The number of carbonyl (C=O) groups excluding carboxylic acids is 2. The summed E-state index contributed by atoms with van der Waals surface area (Å²) in [4.78, 5) is 28.1. The minimum Gasteiger partial charge on any atom is -0.490 e. The first-order valence-corrected chi connectivity index (χ1v) is 12.6. The summed E-state index contributed by atoms with van der Waals surface area (Å²) in [6.07, 6.45) is 1.53. The third kappa shape index (κ3) is 5.72. The third-order valence-corrected chi connectivity index (χ3v) is 7.18. The van der Waals surface area contributed by atoms with Crippen LogP contribution in [0.15, 0.2) is 60.0 Å². The van der Waals surface area contributed by atoms with Gasteiger partial charge >= 0.3 is 0 Å². The molecular formula is C28H29N3O3S. The minimum absolute atomic E-state index is 0.0110. The number of aryl methyl sites for hydroxylation is 1. The molecule has 1 N–H and O–H groups in total. The third-order valence-electron chi connectivity index (χ3n) is 6.33. The summed E-state index contributed by atoms with van der Waals surface area (Å²) >= 11 is 1.47. The fourth-order valence-corrected chi connectivity index (χ4v) is 4.72. The number of benzene rings is 2. The summed E-state index contributed by atoms with van der Waals surface area (Å²) in [6, 6.07) is 18.8. The first kappa shape index (κ1) is 24.5. The molecule has 1 aromatic heterocycles. The highest BCUT2D eigenvalue weighted by Gasteiger charge is 2.26. The number of rotatable bonds is 6. The van der Waals surface area contributed by atoms with Crippen molar-refractivity contribution < 1.29 is 14.3 Å². The Labute approximate surface area is 210 Å². The van der Waals surface area contributed by atoms with Crippen molar-refractivity contribution in [2.24, 2.45) is 0 Å². The van der Waals surface area contributed by atoms with Crippen LogP contribution in [0.4, 0.5) is 5.69 Å². The van der Waals surface area contributed by atoms with Crippen LogP contribution in [0.1, 0.15) is 57.8 Å². The number of nitrogens with one attached hydrogen (secondary N) is 1. The highest BCUT2D eigenvalue weighted by Crippen LogP contribution is 2.28. The monoisotopic (exact) mass is 487 g/mol. The van der Waals surface area contributed by atoms with Gasteiger partial charge in [0.05, 0.1) is 16.4 Å². The van der Waals surface area contributed by atoms with Crippen molar-refractivity contribution in [3.8, 4) is 11.8 Å². The fraction of sp³-hybridized carbons (Fsp3) is 0.321. The highest BCUT2D eigenvalue weighted by atomic mass is 32.1. The van der Waals surface area contributed by atoms with Gasteiger partial charge in [0.1, 0.15) is 11.9 Å². The Kier molecular flexibility index (Phi) is 7.23. The molecule has 2 amide bonds.